The minimum Gasteiger partial charge on any atom is -0.741 e. The molecule has 0 aliphatic heterocycles. The number of methoxy groups -OCH3 is 1. The van der Waals surface area contributed by atoms with Crippen molar-refractivity contribution in [1.82, 2.24) is 0 Å². The van der Waals surface area contributed by atoms with Crippen LogP contribution < -0.4 is 9.30 Å². The fourth-order valence-electron chi connectivity index (χ4n) is 1.63. The van der Waals surface area contributed by atoms with Gasteiger partial charge in [-0.25, -0.2) is 8.42 Å². The van der Waals surface area contributed by atoms with Crippen LogP contribution in [0.1, 0.15) is 24.8 Å². The van der Waals surface area contributed by atoms with Crippen LogP contribution >= 0.6 is 0 Å². The van der Waals surface area contributed by atoms with E-state index >= 15 is 0 Å². The largest absolute Gasteiger partial charge is 0.741 e. The number of halogens is 6. The minimum atomic E-state index is -6.09. The molecule has 26 heavy (non-hydrogen) atoms. The first-order valence-electron chi connectivity index (χ1n) is 7.01. The monoisotopic (exact) mass is 413 g/mol. The van der Waals surface area contributed by atoms with Gasteiger partial charge in [0, 0.05) is 13.0 Å². The summed E-state index contributed by atoms with van der Waals surface area (Å²) in [5.74, 6) is 0.395. The summed E-state index contributed by atoms with van der Waals surface area (Å²) in [5, 5.41) is 8.63. The van der Waals surface area contributed by atoms with E-state index in [1.807, 2.05) is 0 Å². The van der Waals surface area contributed by atoms with E-state index in [4.69, 9.17) is 22.8 Å². The zero-order valence-corrected chi connectivity index (χ0v) is 14.3. The van der Waals surface area contributed by atoms with E-state index in [2.05, 4.69) is 0 Å². The van der Waals surface area contributed by atoms with Crippen molar-refractivity contribution in [2.75, 3.05) is 13.7 Å². The summed E-state index contributed by atoms with van der Waals surface area (Å²) >= 11 is 0. The van der Waals surface area contributed by atoms with E-state index in [1.54, 1.807) is 0 Å². The van der Waals surface area contributed by atoms with Gasteiger partial charge in [0.1, 0.15) is 5.56 Å². The second kappa shape index (κ2) is 9.92. The standard InChI is InChI=1S/C12H17F3NO2.CHF3O3S/c1-18-11-6-5-10(12(13,14)15)9-16(11)7-3-2-4-8-17;2-1(3,4)8(5,6)7/h5-6,9,17H,2-4,7-8H2,1H3;(H,5,6,7)/q+1;/p-1. The Balaban J connectivity index is 0.000000660. The van der Waals surface area contributed by atoms with Crippen molar-refractivity contribution in [2.24, 2.45) is 0 Å². The summed E-state index contributed by atoms with van der Waals surface area (Å²) in [6, 6.07) is 2.32. The van der Waals surface area contributed by atoms with E-state index in [1.165, 1.54) is 17.7 Å². The Morgan fingerprint density at radius 2 is 1.65 bits per heavy atom. The number of ether oxygens (including phenoxy) is 1. The van der Waals surface area contributed by atoms with Crippen molar-refractivity contribution >= 4 is 10.1 Å². The second-order valence-corrected chi connectivity index (χ2v) is 6.21. The third-order valence-corrected chi connectivity index (χ3v) is 3.43. The molecule has 1 heterocycles. The summed E-state index contributed by atoms with van der Waals surface area (Å²) in [7, 11) is -4.67. The molecular formula is C13H17F6NO5S. The summed E-state index contributed by atoms with van der Waals surface area (Å²) in [5.41, 5.74) is -6.34. The van der Waals surface area contributed by atoms with Crippen LogP contribution in [0.3, 0.4) is 0 Å². The Bertz CT molecular complexity index is 660. The maximum absolute atomic E-state index is 12.6. The van der Waals surface area contributed by atoms with Gasteiger partial charge >= 0.3 is 17.6 Å². The molecule has 0 saturated heterocycles. The normalized spacial score (nSPS) is 12.3. The second-order valence-electron chi connectivity index (χ2n) is 4.84. The number of aromatic nitrogens is 1. The highest BCUT2D eigenvalue weighted by Gasteiger charge is 2.37. The fraction of sp³-hybridized carbons (Fsp3) is 0.615. The fourth-order valence-corrected chi connectivity index (χ4v) is 1.63. The number of pyridine rings is 1. The van der Waals surface area contributed by atoms with Gasteiger partial charge in [0.15, 0.2) is 22.9 Å². The number of nitrogens with zero attached hydrogens (tertiary/aromatic N) is 1. The molecule has 0 atom stereocenters. The average Bonchev–Trinajstić information content (AvgIpc) is 2.49. The molecule has 0 fully saturated rings. The third-order valence-electron chi connectivity index (χ3n) is 2.86. The predicted octanol–water partition coefficient (Wildman–Crippen LogP) is 2.22. The van der Waals surface area contributed by atoms with Crippen LogP contribution in [-0.4, -0.2) is 37.3 Å². The first-order chi connectivity index (χ1) is 11.7. The van der Waals surface area contributed by atoms with E-state index in [9.17, 15) is 26.3 Å². The van der Waals surface area contributed by atoms with E-state index in [0.717, 1.165) is 18.7 Å². The maximum Gasteiger partial charge on any atom is 0.485 e. The molecule has 0 aliphatic carbocycles. The highest BCUT2D eigenvalue weighted by molar-refractivity contribution is 7.86. The maximum atomic E-state index is 12.6. The lowest BCUT2D eigenvalue weighted by Crippen LogP contribution is -2.36. The summed E-state index contributed by atoms with van der Waals surface area (Å²) in [6.45, 7) is 0.539. The van der Waals surface area contributed by atoms with Gasteiger partial charge in [0.2, 0.25) is 0 Å². The Hall–Kier alpha value is -1.60. The molecular weight excluding hydrogens is 396 g/mol. The molecule has 152 valence electrons. The number of alkyl halides is 6. The molecule has 0 aromatic carbocycles. The van der Waals surface area contributed by atoms with Crippen molar-refractivity contribution < 1.29 is 53.7 Å². The number of aliphatic hydroxyl groups is 1. The quantitative estimate of drug-likeness (QED) is 0.254. The first kappa shape index (κ1) is 24.4. The van der Waals surface area contributed by atoms with Gasteiger partial charge in [0.05, 0.1) is 13.2 Å². The number of rotatable bonds is 6. The molecule has 0 aliphatic rings. The molecule has 0 saturated carbocycles. The zero-order valence-electron chi connectivity index (χ0n) is 13.5. The molecule has 0 radical (unpaired) electrons. The lowest BCUT2D eigenvalue weighted by atomic mass is 10.2. The van der Waals surface area contributed by atoms with Gasteiger partial charge in [-0.2, -0.15) is 30.9 Å². The Labute approximate surface area is 145 Å². The van der Waals surface area contributed by atoms with Crippen molar-refractivity contribution in [3.63, 3.8) is 0 Å². The molecule has 0 unspecified atom stereocenters. The van der Waals surface area contributed by atoms with Crippen LogP contribution in [0.15, 0.2) is 18.3 Å². The first-order valence-corrected chi connectivity index (χ1v) is 8.42. The summed E-state index contributed by atoms with van der Waals surface area (Å²) in [4.78, 5) is 0. The Morgan fingerprint density at radius 1 is 1.12 bits per heavy atom. The number of aryl methyl sites for hydroxylation is 1. The van der Waals surface area contributed by atoms with E-state index in [0.29, 0.717) is 25.3 Å². The minimum absolute atomic E-state index is 0.102. The Morgan fingerprint density at radius 3 is 2.04 bits per heavy atom. The van der Waals surface area contributed by atoms with Gasteiger partial charge < -0.3 is 14.4 Å². The van der Waals surface area contributed by atoms with Crippen LogP contribution in [0.5, 0.6) is 5.88 Å². The predicted molar refractivity (Wildman–Crippen MR) is 74.9 cm³/mol. The van der Waals surface area contributed by atoms with Crippen LogP contribution in [0.2, 0.25) is 0 Å². The van der Waals surface area contributed by atoms with Crippen LogP contribution in [0.25, 0.3) is 0 Å². The van der Waals surface area contributed by atoms with Gasteiger partial charge in [0.25, 0.3) is 0 Å². The number of hydrogen-bond donors (Lipinski definition) is 1. The third kappa shape index (κ3) is 8.67. The molecule has 1 aromatic heterocycles. The molecule has 1 rings (SSSR count). The average molecular weight is 413 g/mol. The number of aliphatic hydroxyl groups excluding tert-OH is 1. The lowest BCUT2D eigenvalue weighted by molar-refractivity contribution is -0.702. The summed E-state index contributed by atoms with van der Waals surface area (Å²) < 4.78 is 103. The topological polar surface area (TPSA) is 90.5 Å². The van der Waals surface area contributed by atoms with Crippen molar-refractivity contribution in [3.05, 3.63) is 23.9 Å². The number of hydrogen-bond acceptors (Lipinski definition) is 5. The zero-order chi connectivity index (χ0) is 20.6. The van der Waals surface area contributed by atoms with E-state index in [-0.39, 0.29) is 6.61 Å². The number of unbranched alkanes of at least 4 members (excludes halogenated alkanes) is 2. The molecule has 0 amide bonds. The molecule has 1 aromatic rings. The van der Waals surface area contributed by atoms with Crippen molar-refractivity contribution in [2.45, 2.75) is 37.5 Å². The highest BCUT2D eigenvalue weighted by Crippen LogP contribution is 2.28. The van der Waals surface area contributed by atoms with Gasteiger partial charge in [-0.1, -0.05) is 0 Å². The molecule has 13 heteroatoms. The SMILES string of the molecule is COc1ccc(C(F)(F)F)c[n+]1CCCCCO.O=S(=O)([O-])C(F)(F)F. The van der Waals surface area contributed by atoms with Crippen LogP contribution in [0.4, 0.5) is 26.3 Å². The Kier molecular flexibility index (Phi) is 9.31. The van der Waals surface area contributed by atoms with Crippen molar-refractivity contribution in [1.29, 1.82) is 0 Å². The van der Waals surface area contributed by atoms with E-state index < -0.39 is 27.4 Å². The van der Waals surface area contributed by atoms with Gasteiger partial charge in [-0.3, -0.25) is 0 Å². The molecule has 1 N–H and O–H groups in total. The van der Waals surface area contributed by atoms with Crippen LogP contribution in [0, 0.1) is 0 Å². The lowest BCUT2D eigenvalue weighted by Gasteiger charge is -2.08. The van der Waals surface area contributed by atoms with Gasteiger partial charge in [-0.05, 0) is 18.9 Å². The smallest absolute Gasteiger partial charge is 0.485 e. The van der Waals surface area contributed by atoms with Gasteiger partial charge in [-0.15, -0.1) is 0 Å². The highest BCUT2D eigenvalue weighted by atomic mass is 32.2. The molecule has 6 nitrogen and oxygen atoms in total. The summed E-state index contributed by atoms with van der Waals surface area (Å²) in [6.07, 6.45) is -1.18. The van der Waals surface area contributed by atoms with Crippen molar-refractivity contribution in [3.8, 4) is 5.88 Å². The molecule has 0 bridgehead atoms. The van der Waals surface area contributed by atoms with Crippen LogP contribution in [-0.2, 0) is 22.8 Å². The molecule has 0 spiro atoms.